The van der Waals surface area contributed by atoms with E-state index in [0.717, 1.165) is 50.3 Å². The maximum atomic E-state index is 12.6. The molecule has 1 saturated carbocycles. The van der Waals surface area contributed by atoms with Gasteiger partial charge in [0.2, 0.25) is 5.91 Å². The Kier molecular flexibility index (Phi) is 5.96. The summed E-state index contributed by atoms with van der Waals surface area (Å²) in [5.74, 6) is 0.427. The third kappa shape index (κ3) is 4.95. The van der Waals surface area contributed by atoms with E-state index >= 15 is 0 Å². The summed E-state index contributed by atoms with van der Waals surface area (Å²) >= 11 is 5.95. The molecule has 1 N–H and O–H groups in total. The maximum absolute atomic E-state index is 12.6. The van der Waals surface area contributed by atoms with E-state index in [2.05, 4.69) is 22.3 Å². The first kappa shape index (κ1) is 16.8. The Morgan fingerprint density at radius 2 is 1.83 bits per heavy atom. The van der Waals surface area contributed by atoms with Crippen LogP contribution in [0.5, 0.6) is 0 Å². The lowest BCUT2D eigenvalue weighted by atomic mass is 9.93. The quantitative estimate of drug-likeness (QED) is 0.902. The van der Waals surface area contributed by atoms with Crippen molar-refractivity contribution in [3.63, 3.8) is 0 Å². The van der Waals surface area contributed by atoms with E-state index < -0.39 is 0 Å². The number of amides is 1. The lowest BCUT2D eigenvalue weighted by Crippen LogP contribution is -2.46. The van der Waals surface area contributed by atoms with E-state index in [0.29, 0.717) is 6.04 Å². The molecule has 1 heterocycles. The summed E-state index contributed by atoms with van der Waals surface area (Å²) < 4.78 is 0. The highest BCUT2D eigenvalue weighted by atomic mass is 35.5. The highest BCUT2D eigenvalue weighted by Crippen LogP contribution is 2.22. The molecule has 3 rings (SSSR count). The topological polar surface area (TPSA) is 32.3 Å². The van der Waals surface area contributed by atoms with Gasteiger partial charge in [-0.3, -0.25) is 9.69 Å². The molecule has 1 aliphatic heterocycles. The molecule has 0 radical (unpaired) electrons. The Morgan fingerprint density at radius 1 is 1.09 bits per heavy atom. The predicted octanol–water partition coefficient (Wildman–Crippen LogP) is 4.00. The molecule has 0 spiro atoms. The largest absolute Gasteiger partial charge is 0.353 e. The molecule has 0 unspecified atom stereocenters. The monoisotopic (exact) mass is 334 g/mol. The average molecular weight is 335 g/mol. The minimum Gasteiger partial charge on any atom is -0.353 e. The van der Waals surface area contributed by atoms with Gasteiger partial charge in [0.05, 0.1) is 5.92 Å². The summed E-state index contributed by atoms with van der Waals surface area (Å²) in [5, 5.41) is 4.07. The van der Waals surface area contributed by atoms with Crippen LogP contribution >= 0.6 is 11.6 Å². The van der Waals surface area contributed by atoms with E-state index in [1.54, 1.807) is 0 Å². The summed E-state index contributed by atoms with van der Waals surface area (Å²) in [6.45, 7) is 2.86. The van der Waals surface area contributed by atoms with Crippen LogP contribution in [0.25, 0.3) is 0 Å². The minimum absolute atomic E-state index is 0.151. The Morgan fingerprint density at radius 3 is 2.57 bits per heavy atom. The smallest absolute Gasteiger partial charge is 0.224 e. The van der Waals surface area contributed by atoms with Gasteiger partial charge in [0.25, 0.3) is 0 Å². The van der Waals surface area contributed by atoms with E-state index in [1.807, 2.05) is 12.1 Å². The van der Waals surface area contributed by atoms with Gasteiger partial charge in [0.1, 0.15) is 0 Å². The van der Waals surface area contributed by atoms with Crippen molar-refractivity contribution < 1.29 is 4.79 Å². The van der Waals surface area contributed by atoms with Gasteiger partial charge in [-0.2, -0.15) is 0 Å². The number of piperidine rings is 1. The van der Waals surface area contributed by atoms with Gasteiger partial charge >= 0.3 is 0 Å². The summed E-state index contributed by atoms with van der Waals surface area (Å²) in [5.41, 5.74) is 1.27. The second-order valence-corrected chi connectivity index (χ2v) is 7.48. The second-order valence-electron chi connectivity index (χ2n) is 7.04. The third-order valence-electron chi connectivity index (χ3n) is 5.15. The summed E-state index contributed by atoms with van der Waals surface area (Å²) in [6, 6.07) is 8.45. The van der Waals surface area contributed by atoms with Crippen molar-refractivity contribution in [2.24, 2.45) is 5.92 Å². The Labute approximate surface area is 144 Å². The van der Waals surface area contributed by atoms with Crippen LogP contribution in [0.3, 0.4) is 0 Å². The van der Waals surface area contributed by atoms with Crippen LogP contribution in [0.1, 0.15) is 50.5 Å². The van der Waals surface area contributed by atoms with E-state index in [9.17, 15) is 4.79 Å². The van der Waals surface area contributed by atoms with Gasteiger partial charge in [-0.25, -0.2) is 0 Å². The van der Waals surface area contributed by atoms with Gasteiger partial charge < -0.3 is 5.32 Å². The summed E-state index contributed by atoms with van der Waals surface area (Å²) in [7, 11) is 0. The number of nitrogens with zero attached hydrogens (tertiary/aromatic N) is 1. The average Bonchev–Trinajstić information content (AvgIpc) is 2.58. The number of benzene rings is 1. The number of nitrogens with one attached hydrogen (secondary N) is 1. The number of hydrogen-bond donors (Lipinski definition) is 1. The summed E-state index contributed by atoms with van der Waals surface area (Å²) in [6.07, 6.45) is 8.30. The summed E-state index contributed by atoms with van der Waals surface area (Å²) in [4.78, 5) is 15.0. The van der Waals surface area contributed by atoms with E-state index in [-0.39, 0.29) is 11.8 Å². The predicted molar refractivity (Wildman–Crippen MR) is 94.5 cm³/mol. The van der Waals surface area contributed by atoms with Gasteiger partial charge in [-0.15, -0.1) is 0 Å². The van der Waals surface area contributed by atoms with E-state index in [1.165, 1.54) is 24.8 Å². The molecular weight excluding hydrogens is 308 g/mol. The highest BCUT2D eigenvalue weighted by Gasteiger charge is 2.27. The van der Waals surface area contributed by atoms with Crippen molar-refractivity contribution in [2.75, 3.05) is 13.1 Å². The zero-order valence-corrected chi connectivity index (χ0v) is 14.5. The van der Waals surface area contributed by atoms with Gasteiger partial charge in [0.15, 0.2) is 0 Å². The van der Waals surface area contributed by atoms with Crippen molar-refractivity contribution in [1.82, 2.24) is 10.2 Å². The van der Waals surface area contributed by atoms with Crippen molar-refractivity contribution in [2.45, 2.75) is 57.5 Å². The van der Waals surface area contributed by atoms with Crippen LogP contribution < -0.4 is 5.32 Å². The van der Waals surface area contributed by atoms with Crippen LogP contribution in [0.15, 0.2) is 24.3 Å². The second kappa shape index (κ2) is 8.16. The molecule has 4 heteroatoms. The fraction of sp³-hybridized carbons (Fsp3) is 0.632. The fourth-order valence-electron chi connectivity index (χ4n) is 3.83. The normalized spacial score (nSPS) is 23.6. The molecule has 1 saturated heterocycles. The van der Waals surface area contributed by atoms with E-state index in [4.69, 9.17) is 11.6 Å². The highest BCUT2D eigenvalue weighted by molar-refractivity contribution is 6.30. The molecule has 3 nitrogen and oxygen atoms in total. The van der Waals surface area contributed by atoms with Crippen molar-refractivity contribution in [3.05, 3.63) is 34.9 Å². The number of carbonyl (C=O) groups excluding carboxylic acids is 1. The molecule has 1 amide bonds. The first-order valence-corrected chi connectivity index (χ1v) is 9.36. The first-order chi connectivity index (χ1) is 11.2. The lowest BCUT2D eigenvalue weighted by Gasteiger charge is -2.33. The number of hydrogen-bond acceptors (Lipinski definition) is 2. The third-order valence-corrected chi connectivity index (χ3v) is 5.40. The molecule has 1 aromatic rings. The van der Waals surface area contributed by atoms with Gasteiger partial charge in [-0.05, 0) is 49.9 Å². The number of rotatable bonds is 4. The van der Waals surface area contributed by atoms with Crippen molar-refractivity contribution >= 4 is 17.5 Å². The van der Waals surface area contributed by atoms with Crippen LogP contribution in [0.4, 0.5) is 0 Å². The van der Waals surface area contributed by atoms with Crippen molar-refractivity contribution in [1.29, 1.82) is 0 Å². The molecule has 1 atom stereocenters. The zero-order valence-electron chi connectivity index (χ0n) is 13.8. The molecule has 0 bridgehead atoms. The molecule has 126 valence electrons. The standard InChI is InChI=1S/C19H27ClN2O/c20-17-10-8-15(9-11-17)13-22-12-4-5-16(14-22)19(23)21-18-6-2-1-3-7-18/h8-11,16,18H,1-7,12-14H2,(H,21,23)/t16-/m0/s1. The fourth-order valence-corrected chi connectivity index (χ4v) is 3.95. The molecule has 1 aromatic carbocycles. The Balaban J connectivity index is 1.50. The molecule has 0 aromatic heterocycles. The SMILES string of the molecule is O=C(NC1CCCCC1)[C@H]1CCCN(Cc2ccc(Cl)cc2)C1. The molecule has 2 fully saturated rings. The lowest BCUT2D eigenvalue weighted by molar-refractivity contribution is -0.127. The molecule has 2 aliphatic rings. The molecule has 23 heavy (non-hydrogen) atoms. The number of likely N-dealkylation sites (tertiary alicyclic amines) is 1. The van der Waals surface area contributed by atoms with Gasteiger partial charge in [-0.1, -0.05) is 43.0 Å². The zero-order chi connectivity index (χ0) is 16.1. The Bertz CT molecular complexity index is 511. The molecule has 1 aliphatic carbocycles. The van der Waals surface area contributed by atoms with Crippen LogP contribution in [0.2, 0.25) is 5.02 Å². The molecular formula is C19H27ClN2O. The van der Waals surface area contributed by atoms with Crippen molar-refractivity contribution in [3.8, 4) is 0 Å². The van der Waals surface area contributed by atoms with Crippen LogP contribution in [-0.4, -0.2) is 29.9 Å². The minimum atomic E-state index is 0.151. The number of halogens is 1. The number of carbonyl (C=O) groups is 1. The van der Waals surface area contributed by atoms with Gasteiger partial charge in [0, 0.05) is 24.2 Å². The first-order valence-electron chi connectivity index (χ1n) is 8.98. The Hall–Kier alpha value is -1.06. The maximum Gasteiger partial charge on any atom is 0.224 e. The van der Waals surface area contributed by atoms with Crippen LogP contribution in [-0.2, 0) is 11.3 Å². The van der Waals surface area contributed by atoms with Crippen LogP contribution in [0, 0.1) is 5.92 Å².